The minimum Gasteiger partial charge on any atom is -0.350 e. The van der Waals surface area contributed by atoms with E-state index in [-0.39, 0.29) is 11.8 Å². The van der Waals surface area contributed by atoms with Crippen molar-refractivity contribution in [1.82, 2.24) is 25.2 Å². The lowest BCUT2D eigenvalue weighted by atomic mass is 9.96. The Morgan fingerprint density at radius 3 is 2.57 bits per heavy atom. The molecule has 1 aliphatic heterocycles. The van der Waals surface area contributed by atoms with Crippen LogP contribution < -0.4 is 5.32 Å². The number of likely N-dealkylation sites (tertiary alicyclic amines) is 1. The van der Waals surface area contributed by atoms with Crippen LogP contribution in [-0.2, 0) is 4.79 Å². The Bertz CT molecular complexity index is 802. The number of aryl methyl sites for hydroxylation is 2. The molecule has 0 aliphatic carbocycles. The van der Waals surface area contributed by atoms with Crippen molar-refractivity contribution in [3.8, 4) is 0 Å². The molecule has 1 N–H and O–H groups in total. The molecule has 8 heteroatoms. The number of hydrogen-bond acceptors (Lipinski definition) is 6. The molecule has 2 aromatic rings. The van der Waals surface area contributed by atoms with Gasteiger partial charge in [0, 0.05) is 42.6 Å². The second-order valence-electron chi connectivity index (χ2n) is 6.95. The highest BCUT2D eigenvalue weighted by Crippen LogP contribution is 2.20. The van der Waals surface area contributed by atoms with Gasteiger partial charge >= 0.3 is 0 Å². The summed E-state index contributed by atoms with van der Waals surface area (Å²) in [6.45, 7) is 5.72. The van der Waals surface area contributed by atoms with Crippen LogP contribution in [0, 0.1) is 19.8 Å². The number of nitrogens with one attached hydrogen (secondary N) is 1. The zero-order chi connectivity index (χ0) is 19.9. The fourth-order valence-electron chi connectivity index (χ4n) is 3.22. The summed E-state index contributed by atoms with van der Waals surface area (Å²) in [4.78, 5) is 40.1. The van der Waals surface area contributed by atoms with Crippen molar-refractivity contribution < 1.29 is 9.59 Å². The molecule has 28 heavy (non-hydrogen) atoms. The summed E-state index contributed by atoms with van der Waals surface area (Å²) in [5.74, 6) is 1.42. The maximum absolute atomic E-state index is 12.4. The number of hydrogen-bond donors (Lipinski definition) is 1. The van der Waals surface area contributed by atoms with E-state index in [1.807, 2.05) is 24.0 Å². The molecular formula is C20H25N5O2S. The predicted molar refractivity (Wildman–Crippen MR) is 108 cm³/mol. The van der Waals surface area contributed by atoms with Crippen molar-refractivity contribution in [2.75, 3.05) is 25.4 Å². The van der Waals surface area contributed by atoms with Crippen LogP contribution in [0.2, 0.25) is 0 Å². The third-order valence-electron chi connectivity index (χ3n) is 4.73. The molecule has 0 spiro atoms. The number of carbonyl (C=O) groups is 2. The number of aromatic nitrogens is 3. The van der Waals surface area contributed by atoms with Crippen LogP contribution in [0.4, 0.5) is 0 Å². The van der Waals surface area contributed by atoms with Gasteiger partial charge < -0.3 is 10.2 Å². The highest BCUT2D eigenvalue weighted by Gasteiger charge is 2.23. The maximum atomic E-state index is 12.4. The van der Waals surface area contributed by atoms with Crippen LogP contribution in [-0.4, -0.2) is 57.1 Å². The van der Waals surface area contributed by atoms with Gasteiger partial charge in [-0.3, -0.25) is 14.6 Å². The first-order chi connectivity index (χ1) is 13.5. The molecule has 0 unspecified atom stereocenters. The van der Waals surface area contributed by atoms with Gasteiger partial charge in [0.1, 0.15) is 11.5 Å². The largest absolute Gasteiger partial charge is 0.350 e. The quantitative estimate of drug-likeness (QED) is 0.750. The zero-order valence-electron chi connectivity index (χ0n) is 16.2. The molecule has 0 atom stereocenters. The number of amides is 2. The van der Waals surface area contributed by atoms with E-state index in [2.05, 4.69) is 20.3 Å². The SMILES string of the molecule is Cc1cc(C(=O)NCC2CCN(C(=O)CSc3ccncc3)CC2)nc(C)n1. The normalized spacial score (nSPS) is 14.7. The third kappa shape index (κ3) is 5.76. The first-order valence-electron chi connectivity index (χ1n) is 9.42. The van der Waals surface area contributed by atoms with Gasteiger partial charge in [0.2, 0.25) is 5.91 Å². The average molecular weight is 400 g/mol. The number of thioether (sulfide) groups is 1. The van der Waals surface area contributed by atoms with Crippen LogP contribution in [0.3, 0.4) is 0 Å². The summed E-state index contributed by atoms with van der Waals surface area (Å²) in [5.41, 5.74) is 1.19. The molecule has 2 aromatic heterocycles. The predicted octanol–water partition coefficient (Wildman–Crippen LogP) is 2.25. The van der Waals surface area contributed by atoms with Gasteiger partial charge in [0.25, 0.3) is 5.91 Å². The summed E-state index contributed by atoms with van der Waals surface area (Å²) in [6.07, 6.45) is 5.26. The minimum atomic E-state index is -0.166. The number of piperidine rings is 1. The fourth-order valence-corrected chi connectivity index (χ4v) is 4.01. The number of rotatable bonds is 6. The Labute approximate surface area is 169 Å². The number of nitrogens with zero attached hydrogens (tertiary/aromatic N) is 4. The Morgan fingerprint density at radius 2 is 1.89 bits per heavy atom. The van der Waals surface area contributed by atoms with E-state index in [0.717, 1.165) is 36.5 Å². The Morgan fingerprint density at radius 1 is 1.18 bits per heavy atom. The van der Waals surface area contributed by atoms with Gasteiger partial charge in [-0.1, -0.05) is 0 Å². The zero-order valence-corrected chi connectivity index (χ0v) is 17.0. The van der Waals surface area contributed by atoms with E-state index in [1.165, 1.54) is 11.8 Å². The number of pyridine rings is 1. The Balaban J connectivity index is 1.40. The lowest BCUT2D eigenvalue weighted by molar-refractivity contribution is -0.129. The fraction of sp³-hybridized carbons (Fsp3) is 0.450. The van der Waals surface area contributed by atoms with Gasteiger partial charge in [-0.05, 0) is 50.8 Å². The van der Waals surface area contributed by atoms with Crippen LogP contribution in [0.1, 0.15) is 34.8 Å². The van der Waals surface area contributed by atoms with E-state index < -0.39 is 0 Å². The smallest absolute Gasteiger partial charge is 0.270 e. The lowest BCUT2D eigenvalue weighted by Crippen LogP contribution is -2.42. The molecule has 7 nitrogen and oxygen atoms in total. The van der Waals surface area contributed by atoms with E-state index in [9.17, 15) is 9.59 Å². The Kier molecular flexibility index (Phi) is 6.97. The monoisotopic (exact) mass is 399 g/mol. The highest BCUT2D eigenvalue weighted by molar-refractivity contribution is 8.00. The van der Waals surface area contributed by atoms with Crippen molar-refractivity contribution in [3.05, 3.63) is 47.8 Å². The van der Waals surface area contributed by atoms with E-state index in [0.29, 0.717) is 29.7 Å². The topological polar surface area (TPSA) is 88.1 Å². The van der Waals surface area contributed by atoms with Crippen LogP contribution >= 0.6 is 11.8 Å². The molecular weight excluding hydrogens is 374 g/mol. The average Bonchev–Trinajstić information content (AvgIpc) is 2.70. The molecule has 1 saturated heterocycles. The minimum absolute atomic E-state index is 0.163. The first kappa shape index (κ1) is 20.3. The van der Waals surface area contributed by atoms with Gasteiger partial charge in [-0.2, -0.15) is 0 Å². The molecule has 148 valence electrons. The van der Waals surface area contributed by atoms with E-state index in [4.69, 9.17) is 0 Å². The maximum Gasteiger partial charge on any atom is 0.270 e. The van der Waals surface area contributed by atoms with Crippen LogP contribution in [0.5, 0.6) is 0 Å². The highest BCUT2D eigenvalue weighted by atomic mass is 32.2. The van der Waals surface area contributed by atoms with Gasteiger partial charge in [-0.15, -0.1) is 11.8 Å². The van der Waals surface area contributed by atoms with Crippen molar-refractivity contribution in [2.45, 2.75) is 31.6 Å². The second-order valence-corrected chi connectivity index (χ2v) is 8.00. The molecule has 1 aliphatic rings. The molecule has 0 aromatic carbocycles. The molecule has 0 saturated carbocycles. The van der Waals surface area contributed by atoms with Crippen LogP contribution in [0.25, 0.3) is 0 Å². The van der Waals surface area contributed by atoms with E-state index in [1.54, 1.807) is 25.4 Å². The second kappa shape index (κ2) is 9.64. The van der Waals surface area contributed by atoms with E-state index >= 15 is 0 Å². The summed E-state index contributed by atoms with van der Waals surface area (Å²) in [5, 5.41) is 2.97. The van der Waals surface area contributed by atoms with Crippen LogP contribution in [0.15, 0.2) is 35.5 Å². The molecule has 3 heterocycles. The third-order valence-corrected chi connectivity index (χ3v) is 5.73. The molecule has 2 amide bonds. The van der Waals surface area contributed by atoms with Crippen molar-refractivity contribution in [1.29, 1.82) is 0 Å². The first-order valence-corrected chi connectivity index (χ1v) is 10.4. The van der Waals surface area contributed by atoms with Crippen molar-refractivity contribution >= 4 is 23.6 Å². The van der Waals surface area contributed by atoms with Crippen molar-refractivity contribution in [2.24, 2.45) is 5.92 Å². The summed E-state index contributed by atoms with van der Waals surface area (Å²) < 4.78 is 0. The molecule has 1 fully saturated rings. The Hall–Kier alpha value is -2.48. The number of carbonyl (C=O) groups excluding carboxylic acids is 2. The standard InChI is InChI=1S/C20H25N5O2S/c1-14-11-18(24-15(2)23-14)20(27)22-12-16-5-9-25(10-6-16)19(26)13-28-17-3-7-21-8-4-17/h3-4,7-8,11,16H,5-6,9-10,12-13H2,1-2H3,(H,22,27). The lowest BCUT2D eigenvalue weighted by Gasteiger charge is -2.32. The summed E-state index contributed by atoms with van der Waals surface area (Å²) >= 11 is 1.54. The van der Waals surface area contributed by atoms with Crippen molar-refractivity contribution in [3.63, 3.8) is 0 Å². The molecule has 0 bridgehead atoms. The summed E-state index contributed by atoms with van der Waals surface area (Å²) in [6, 6.07) is 5.52. The molecule has 0 radical (unpaired) electrons. The van der Waals surface area contributed by atoms with Gasteiger partial charge in [0.15, 0.2) is 0 Å². The molecule has 3 rings (SSSR count). The summed E-state index contributed by atoms with van der Waals surface area (Å²) in [7, 11) is 0. The van der Waals surface area contributed by atoms with Gasteiger partial charge in [-0.25, -0.2) is 9.97 Å². The van der Waals surface area contributed by atoms with Gasteiger partial charge in [0.05, 0.1) is 5.75 Å².